The summed E-state index contributed by atoms with van der Waals surface area (Å²) in [7, 11) is -2.03. The van der Waals surface area contributed by atoms with Gasteiger partial charge in [0.25, 0.3) is 0 Å². The summed E-state index contributed by atoms with van der Waals surface area (Å²) in [6.45, 7) is 0.676. The number of sulfonamides is 1. The van der Waals surface area contributed by atoms with Gasteiger partial charge in [0, 0.05) is 6.54 Å². The van der Waals surface area contributed by atoms with Crippen molar-refractivity contribution < 1.29 is 22.3 Å². The summed E-state index contributed by atoms with van der Waals surface area (Å²) in [5.74, 6) is 0.0714. The van der Waals surface area contributed by atoms with E-state index in [9.17, 15) is 12.8 Å². The lowest BCUT2D eigenvalue weighted by Gasteiger charge is -2.31. The minimum Gasteiger partial charge on any atom is -0.480 e. The standard InChI is InChI=1S/C17H20FN3O4S/c1-24-16-9-19-10-17(20-16)25-15-3-2-8-21(11-15)26(22,23)12-13-4-6-14(18)7-5-13/h4-7,9-10,15H,2-3,8,11-12H2,1H3. The van der Waals surface area contributed by atoms with E-state index in [1.807, 2.05) is 0 Å². The van der Waals surface area contributed by atoms with Crippen LogP contribution in [0.5, 0.6) is 11.8 Å². The van der Waals surface area contributed by atoms with Gasteiger partial charge in [0.2, 0.25) is 21.8 Å². The summed E-state index contributed by atoms with van der Waals surface area (Å²) in [6.07, 6.45) is 4.03. The largest absolute Gasteiger partial charge is 0.480 e. The van der Waals surface area contributed by atoms with E-state index in [2.05, 4.69) is 9.97 Å². The van der Waals surface area contributed by atoms with Crippen LogP contribution in [0.4, 0.5) is 4.39 Å². The molecular weight excluding hydrogens is 361 g/mol. The van der Waals surface area contributed by atoms with Crippen LogP contribution < -0.4 is 9.47 Å². The van der Waals surface area contributed by atoms with Gasteiger partial charge in [-0.05, 0) is 30.5 Å². The third-order valence-corrected chi connectivity index (χ3v) is 5.90. The van der Waals surface area contributed by atoms with Gasteiger partial charge >= 0.3 is 0 Å². The Labute approximate surface area is 151 Å². The Morgan fingerprint density at radius 2 is 1.96 bits per heavy atom. The normalized spacial score (nSPS) is 18.5. The SMILES string of the molecule is COc1cncc(OC2CCCN(S(=O)(=O)Cc3ccc(F)cc3)C2)n1. The number of nitrogens with zero attached hydrogens (tertiary/aromatic N) is 3. The average molecular weight is 381 g/mol. The monoisotopic (exact) mass is 381 g/mol. The van der Waals surface area contributed by atoms with Crippen molar-refractivity contribution in [2.45, 2.75) is 24.7 Å². The van der Waals surface area contributed by atoms with Gasteiger partial charge in [-0.25, -0.2) is 12.8 Å². The van der Waals surface area contributed by atoms with Crippen molar-refractivity contribution in [1.82, 2.24) is 14.3 Å². The van der Waals surface area contributed by atoms with Crippen LogP contribution in [0.3, 0.4) is 0 Å². The first-order valence-corrected chi connectivity index (χ1v) is 9.82. The van der Waals surface area contributed by atoms with E-state index >= 15 is 0 Å². The third kappa shape index (κ3) is 4.67. The summed E-state index contributed by atoms with van der Waals surface area (Å²) in [5.41, 5.74) is 0.549. The number of benzene rings is 1. The van der Waals surface area contributed by atoms with Crippen LogP contribution in [-0.2, 0) is 15.8 Å². The molecule has 1 aromatic heterocycles. The van der Waals surface area contributed by atoms with Crippen molar-refractivity contribution in [2.75, 3.05) is 20.2 Å². The number of halogens is 1. The lowest BCUT2D eigenvalue weighted by atomic mass is 10.1. The number of hydrogen-bond acceptors (Lipinski definition) is 6. The van der Waals surface area contributed by atoms with Crippen molar-refractivity contribution in [3.8, 4) is 11.8 Å². The molecular formula is C17H20FN3O4S. The van der Waals surface area contributed by atoms with Gasteiger partial charge in [-0.1, -0.05) is 12.1 Å². The number of ether oxygens (including phenoxy) is 2. The first-order valence-electron chi connectivity index (χ1n) is 8.21. The van der Waals surface area contributed by atoms with Gasteiger partial charge in [-0.15, -0.1) is 0 Å². The summed E-state index contributed by atoms with van der Waals surface area (Å²) in [6, 6.07) is 5.48. The third-order valence-electron chi connectivity index (χ3n) is 4.08. The molecule has 0 N–H and O–H groups in total. The molecule has 0 bridgehead atoms. The minimum absolute atomic E-state index is 0.168. The molecule has 26 heavy (non-hydrogen) atoms. The number of piperidine rings is 1. The van der Waals surface area contributed by atoms with Crippen LogP contribution in [-0.4, -0.2) is 49.0 Å². The summed E-state index contributed by atoms with van der Waals surface area (Å²) in [5, 5.41) is 0. The van der Waals surface area contributed by atoms with E-state index in [1.165, 1.54) is 48.1 Å². The molecule has 1 fully saturated rings. The Kier molecular flexibility index (Phi) is 5.67. The molecule has 0 saturated carbocycles. The van der Waals surface area contributed by atoms with Gasteiger partial charge in [-0.2, -0.15) is 9.29 Å². The Morgan fingerprint density at radius 1 is 1.23 bits per heavy atom. The van der Waals surface area contributed by atoms with E-state index < -0.39 is 15.8 Å². The quantitative estimate of drug-likeness (QED) is 0.761. The highest BCUT2D eigenvalue weighted by molar-refractivity contribution is 7.88. The maximum absolute atomic E-state index is 13.0. The fourth-order valence-electron chi connectivity index (χ4n) is 2.79. The van der Waals surface area contributed by atoms with E-state index in [1.54, 1.807) is 0 Å². The molecule has 2 heterocycles. The highest BCUT2D eigenvalue weighted by Gasteiger charge is 2.30. The molecule has 1 saturated heterocycles. The molecule has 9 heteroatoms. The fraction of sp³-hybridized carbons (Fsp3) is 0.412. The van der Waals surface area contributed by atoms with Crippen LogP contribution >= 0.6 is 0 Å². The van der Waals surface area contributed by atoms with Crippen molar-refractivity contribution in [1.29, 1.82) is 0 Å². The molecule has 0 radical (unpaired) electrons. The van der Waals surface area contributed by atoms with Gasteiger partial charge in [-0.3, -0.25) is 4.98 Å². The summed E-state index contributed by atoms with van der Waals surface area (Å²) < 4.78 is 50.5. The molecule has 1 atom stereocenters. The summed E-state index contributed by atoms with van der Waals surface area (Å²) >= 11 is 0. The zero-order valence-corrected chi connectivity index (χ0v) is 15.2. The molecule has 2 aromatic rings. The highest BCUT2D eigenvalue weighted by Crippen LogP contribution is 2.21. The maximum Gasteiger partial charge on any atom is 0.235 e. The molecule has 1 aromatic carbocycles. The average Bonchev–Trinajstić information content (AvgIpc) is 2.64. The topological polar surface area (TPSA) is 81.6 Å². The van der Waals surface area contributed by atoms with Crippen molar-refractivity contribution in [3.63, 3.8) is 0 Å². The smallest absolute Gasteiger partial charge is 0.235 e. The second-order valence-electron chi connectivity index (χ2n) is 6.02. The molecule has 0 amide bonds. The van der Waals surface area contributed by atoms with E-state index in [-0.39, 0.29) is 18.4 Å². The van der Waals surface area contributed by atoms with E-state index in [0.29, 0.717) is 30.3 Å². The van der Waals surface area contributed by atoms with Crippen LogP contribution in [0, 0.1) is 5.82 Å². The van der Waals surface area contributed by atoms with Crippen LogP contribution in [0.2, 0.25) is 0 Å². The van der Waals surface area contributed by atoms with E-state index in [4.69, 9.17) is 9.47 Å². The van der Waals surface area contributed by atoms with Crippen molar-refractivity contribution >= 4 is 10.0 Å². The van der Waals surface area contributed by atoms with Crippen molar-refractivity contribution in [3.05, 3.63) is 48.0 Å². The Morgan fingerprint density at radius 3 is 2.69 bits per heavy atom. The maximum atomic E-state index is 13.0. The molecule has 0 aliphatic carbocycles. The molecule has 140 valence electrons. The van der Waals surface area contributed by atoms with Crippen LogP contribution in [0.15, 0.2) is 36.7 Å². The molecule has 1 aliphatic rings. The predicted octanol–water partition coefficient (Wildman–Crippen LogP) is 2.00. The Balaban J connectivity index is 1.65. The van der Waals surface area contributed by atoms with Crippen LogP contribution in [0.1, 0.15) is 18.4 Å². The van der Waals surface area contributed by atoms with Gasteiger partial charge in [0.1, 0.15) is 11.9 Å². The fourth-order valence-corrected chi connectivity index (χ4v) is 4.39. The van der Waals surface area contributed by atoms with Crippen LogP contribution in [0.25, 0.3) is 0 Å². The van der Waals surface area contributed by atoms with Crippen molar-refractivity contribution in [2.24, 2.45) is 0 Å². The Hall–Kier alpha value is -2.26. The second kappa shape index (κ2) is 7.96. The van der Waals surface area contributed by atoms with Gasteiger partial charge in [0.05, 0.1) is 31.8 Å². The number of hydrogen-bond donors (Lipinski definition) is 0. The highest BCUT2D eigenvalue weighted by atomic mass is 32.2. The molecule has 1 aliphatic heterocycles. The van der Waals surface area contributed by atoms with E-state index in [0.717, 1.165) is 6.42 Å². The summed E-state index contributed by atoms with van der Waals surface area (Å²) in [4.78, 5) is 8.11. The first-order chi connectivity index (χ1) is 12.5. The zero-order chi connectivity index (χ0) is 18.6. The Bertz CT molecular complexity index is 845. The van der Waals surface area contributed by atoms with Gasteiger partial charge < -0.3 is 9.47 Å². The molecule has 7 nitrogen and oxygen atoms in total. The lowest BCUT2D eigenvalue weighted by Crippen LogP contribution is -2.44. The predicted molar refractivity (Wildman–Crippen MR) is 92.8 cm³/mol. The number of methoxy groups -OCH3 is 1. The zero-order valence-electron chi connectivity index (χ0n) is 14.3. The molecule has 1 unspecified atom stereocenters. The second-order valence-corrected chi connectivity index (χ2v) is 7.99. The lowest BCUT2D eigenvalue weighted by molar-refractivity contribution is 0.123. The molecule has 3 rings (SSSR count). The molecule has 0 spiro atoms. The number of rotatable bonds is 6. The minimum atomic E-state index is -3.52. The van der Waals surface area contributed by atoms with Gasteiger partial charge in [0.15, 0.2) is 0 Å². The first kappa shape index (κ1) is 18.5. The number of aromatic nitrogens is 2.